The summed E-state index contributed by atoms with van der Waals surface area (Å²) < 4.78 is 6.06. The molecule has 118 valence electrons. The van der Waals surface area contributed by atoms with Crippen LogP contribution in [0.25, 0.3) is 0 Å². The van der Waals surface area contributed by atoms with Crippen molar-refractivity contribution in [3.63, 3.8) is 0 Å². The number of nitrogens with zero attached hydrogens (tertiary/aromatic N) is 2. The van der Waals surface area contributed by atoms with Crippen molar-refractivity contribution in [3.05, 3.63) is 29.8 Å². The highest BCUT2D eigenvalue weighted by Gasteiger charge is 2.47. The molecule has 0 aliphatic carbocycles. The van der Waals surface area contributed by atoms with Gasteiger partial charge in [-0.3, -0.25) is 4.90 Å². The zero-order chi connectivity index (χ0) is 15.1. The zero-order valence-corrected chi connectivity index (χ0v) is 13.5. The number of rotatable bonds is 4. The van der Waals surface area contributed by atoms with Crippen LogP contribution < -0.4 is 10.2 Å². The van der Waals surface area contributed by atoms with E-state index < -0.39 is 0 Å². The summed E-state index contributed by atoms with van der Waals surface area (Å²) in [5.74, 6) is 2.23. The van der Waals surface area contributed by atoms with Gasteiger partial charge in [0.15, 0.2) is 0 Å². The molecular weight excluding hydrogens is 274 g/mol. The van der Waals surface area contributed by atoms with Crippen molar-refractivity contribution < 1.29 is 4.74 Å². The van der Waals surface area contributed by atoms with Gasteiger partial charge in [-0.2, -0.15) is 5.10 Å². The van der Waals surface area contributed by atoms with Gasteiger partial charge in [-0.15, -0.1) is 0 Å². The Hall–Kier alpha value is -1.55. The Morgan fingerprint density at radius 1 is 1.27 bits per heavy atom. The third kappa shape index (κ3) is 2.30. The van der Waals surface area contributed by atoms with Crippen LogP contribution in [-0.4, -0.2) is 36.3 Å². The molecule has 3 fully saturated rings. The predicted molar refractivity (Wildman–Crippen MR) is 88.2 cm³/mol. The van der Waals surface area contributed by atoms with Gasteiger partial charge in [-0.1, -0.05) is 32.0 Å². The van der Waals surface area contributed by atoms with Gasteiger partial charge in [-0.05, 0) is 37.9 Å². The number of nitrogens with one attached hydrogen (secondary N) is 1. The largest absolute Gasteiger partial charge is 0.493 e. The van der Waals surface area contributed by atoms with Crippen LogP contribution in [0.15, 0.2) is 29.4 Å². The average molecular weight is 299 g/mol. The van der Waals surface area contributed by atoms with Crippen molar-refractivity contribution in [3.8, 4) is 5.75 Å². The van der Waals surface area contributed by atoms with E-state index in [4.69, 9.17) is 9.84 Å². The molecule has 4 aliphatic rings. The number of piperidine rings is 3. The number of hydrogen-bond donors (Lipinski definition) is 1. The van der Waals surface area contributed by atoms with Crippen LogP contribution in [0.1, 0.15) is 38.3 Å². The molecule has 1 aromatic carbocycles. The number of para-hydroxylation sites is 1. The monoisotopic (exact) mass is 299 g/mol. The normalized spacial score (nSPS) is 32.6. The summed E-state index contributed by atoms with van der Waals surface area (Å²) in [5.41, 5.74) is 6.04. The fourth-order valence-electron chi connectivity index (χ4n) is 4.02. The van der Waals surface area contributed by atoms with Crippen LogP contribution in [0.2, 0.25) is 0 Å². The topological polar surface area (TPSA) is 36.9 Å². The zero-order valence-electron chi connectivity index (χ0n) is 13.5. The van der Waals surface area contributed by atoms with E-state index in [1.165, 1.54) is 37.2 Å². The second kappa shape index (κ2) is 5.58. The molecule has 4 nitrogen and oxygen atoms in total. The van der Waals surface area contributed by atoms with Crippen molar-refractivity contribution in [2.45, 2.75) is 38.8 Å². The van der Waals surface area contributed by atoms with E-state index in [9.17, 15) is 0 Å². The highest BCUT2D eigenvalue weighted by atomic mass is 16.5. The first-order chi connectivity index (χ1) is 10.7. The molecule has 4 heteroatoms. The lowest BCUT2D eigenvalue weighted by Crippen LogP contribution is -2.56. The molecule has 0 radical (unpaired) electrons. The minimum absolute atomic E-state index is 0.237. The lowest BCUT2D eigenvalue weighted by atomic mass is 9.78. The van der Waals surface area contributed by atoms with Crippen LogP contribution >= 0.6 is 0 Å². The maximum absolute atomic E-state index is 6.06. The molecule has 5 rings (SSSR count). The Morgan fingerprint density at radius 3 is 2.82 bits per heavy atom. The van der Waals surface area contributed by atoms with Crippen LogP contribution in [0, 0.1) is 11.8 Å². The minimum atomic E-state index is 0.237. The number of ether oxygens (including phenoxy) is 1. The van der Waals surface area contributed by atoms with E-state index in [0.717, 1.165) is 12.4 Å². The molecule has 22 heavy (non-hydrogen) atoms. The molecule has 4 aliphatic heterocycles. The summed E-state index contributed by atoms with van der Waals surface area (Å²) in [6.07, 6.45) is 2.55. The van der Waals surface area contributed by atoms with E-state index in [2.05, 4.69) is 48.4 Å². The Morgan fingerprint density at radius 2 is 2.05 bits per heavy atom. The van der Waals surface area contributed by atoms with Gasteiger partial charge in [0.05, 0.1) is 24.4 Å². The van der Waals surface area contributed by atoms with E-state index in [0.29, 0.717) is 17.9 Å². The first-order valence-corrected chi connectivity index (χ1v) is 8.53. The van der Waals surface area contributed by atoms with Gasteiger partial charge in [0.1, 0.15) is 5.75 Å². The van der Waals surface area contributed by atoms with E-state index in [1.54, 1.807) is 0 Å². The maximum atomic E-state index is 6.06. The molecule has 1 N–H and O–H groups in total. The summed E-state index contributed by atoms with van der Waals surface area (Å²) in [4.78, 5) is 2.60. The van der Waals surface area contributed by atoms with Crippen LogP contribution in [-0.2, 0) is 0 Å². The van der Waals surface area contributed by atoms with Crippen molar-refractivity contribution in [2.75, 3.05) is 19.7 Å². The molecule has 2 bridgehead atoms. The number of hydrogen-bond acceptors (Lipinski definition) is 4. The first kappa shape index (κ1) is 14.1. The molecule has 0 amide bonds. The van der Waals surface area contributed by atoms with Gasteiger partial charge in [0.25, 0.3) is 0 Å². The second-order valence-corrected chi connectivity index (χ2v) is 7.14. The summed E-state index contributed by atoms with van der Waals surface area (Å²) in [6, 6.07) is 9.11. The van der Waals surface area contributed by atoms with Gasteiger partial charge < -0.3 is 10.2 Å². The smallest absolute Gasteiger partial charge is 0.124 e. The fraction of sp³-hybridized carbons (Fsp3) is 0.611. The first-order valence-electron chi connectivity index (χ1n) is 8.53. The van der Waals surface area contributed by atoms with Crippen molar-refractivity contribution in [1.29, 1.82) is 0 Å². The lowest BCUT2D eigenvalue weighted by Gasteiger charge is -2.45. The molecule has 3 saturated heterocycles. The Kier molecular flexibility index (Phi) is 3.57. The van der Waals surface area contributed by atoms with Crippen LogP contribution in [0.4, 0.5) is 0 Å². The molecule has 0 aromatic heterocycles. The molecular formula is C18H25N3O. The molecule has 0 spiro atoms. The Bertz CT molecular complexity index is 575. The number of benzene rings is 1. The van der Waals surface area contributed by atoms with Crippen molar-refractivity contribution in [1.82, 2.24) is 10.3 Å². The molecule has 1 aromatic rings. The van der Waals surface area contributed by atoms with Gasteiger partial charge in [-0.25, -0.2) is 0 Å². The maximum Gasteiger partial charge on any atom is 0.124 e. The third-order valence-electron chi connectivity index (χ3n) is 5.12. The molecule has 0 saturated carbocycles. The fourth-order valence-corrected chi connectivity index (χ4v) is 4.02. The van der Waals surface area contributed by atoms with Gasteiger partial charge in [0, 0.05) is 11.5 Å². The third-order valence-corrected chi connectivity index (χ3v) is 5.12. The highest BCUT2D eigenvalue weighted by Crippen LogP contribution is 2.41. The molecule has 2 unspecified atom stereocenters. The summed E-state index contributed by atoms with van der Waals surface area (Å²) in [5, 5.41) is 4.70. The molecule has 2 atom stereocenters. The lowest BCUT2D eigenvalue weighted by molar-refractivity contribution is 0.132. The van der Waals surface area contributed by atoms with Crippen molar-refractivity contribution >= 4 is 5.71 Å². The average Bonchev–Trinajstić information content (AvgIpc) is 3.01. The van der Waals surface area contributed by atoms with Gasteiger partial charge in [0.2, 0.25) is 0 Å². The van der Waals surface area contributed by atoms with Crippen LogP contribution in [0.3, 0.4) is 0 Å². The van der Waals surface area contributed by atoms with Gasteiger partial charge >= 0.3 is 0 Å². The van der Waals surface area contributed by atoms with E-state index in [1.807, 2.05) is 0 Å². The molecule has 4 heterocycles. The highest BCUT2D eigenvalue weighted by molar-refractivity contribution is 5.95. The van der Waals surface area contributed by atoms with Crippen molar-refractivity contribution in [2.24, 2.45) is 16.9 Å². The quantitative estimate of drug-likeness (QED) is 0.929. The standard InChI is InChI=1S/C18H25N3O/c1-12(2)11-22-15-6-4-3-5-14(15)17-18-16(19-20-17)13-7-9-21(18)10-8-13/h3-6,12-13,17-18,20H,7-11H2,1-2H3. The summed E-state index contributed by atoms with van der Waals surface area (Å²) in [6.45, 7) is 7.55. The Labute approximate surface area is 132 Å². The van der Waals surface area contributed by atoms with Crippen LogP contribution in [0.5, 0.6) is 5.75 Å². The predicted octanol–water partition coefficient (Wildman–Crippen LogP) is 2.82. The minimum Gasteiger partial charge on any atom is -0.493 e. The van der Waals surface area contributed by atoms with E-state index in [-0.39, 0.29) is 6.04 Å². The summed E-state index contributed by atoms with van der Waals surface area (Å²) in [7, 11) is 0. The number of hydrazone groups is 1. The van der Waals surface area contributed by atoms with E-state index >= 15 is 0 Å². The number of fused-ring (bicyclic) bond motifs is 2. The Balaban J connectivity index is 1.61. The SMILES string of the molecule is CC(C)COc1ccccc1C1NN=C2C3CCN(CC3)C21. The summed E-state index contributed by atoms with van der Waals surface area (Å²) >= 11 is 0. The second-order valence-electron chi connectivity index (χ2n) is 7.14.